The van der Waals surface area contributed by atoms with E-state index >= 15 is 0 Å². The topological polar surface area (TPSA) is 51.2 Å². The average molecular weight is 298 g/mol. The fourth-order valence-corrected chi connectivity index (χ4v) is 2.07. The highest BCUT2D eigenvalue weighted by atomic mass is 16.5. The summed E-state index contributed by atoms with van der Waals surface area (Å²) in [5.74, 6) is 0.840. The maximum absolute atomic E-state index is 12.4. The van der Waals surface area contributed by atoms with Gasteiger partial charge in [0.2, 0.25) is 0 Å². The Balaban J connectivity index is 1.92. The van der Waals surface area contributed by atoms with Gasteiger partial charge in [-0.05, 0) is 57.2 Å². The zero-order chi connectivity index (χ0) is 15.9. The average Bonchev–Trinajstić information content (AvgIpc) is 2.53. The van der Waals surface area contributed by atoms with Crippen molar-refractivity contribution in [2.45, 2.75) is 39.5 Å². The first-order valence-corrected chi connectivity index (χ1v) is 7.50. The van der Waals surface area contributed by atoms with Crippen molar-refractivity contribution in [1.82, 2.24) is 10.3 Å². The molecule has 0 radical (unpaired) electrons. The van der Waals surface area contributed by atoms with E-state index in [1.165, 1.54) is 0 Å². The van der Waals surface area contributed by atoms with Crippen molar-refractivity contribution < 1.29 is 9.53 Å². The minimum Gasteiger partial charge on any atom is -0.491 e. The summed E-state index contributed by atoms with van der Waals surface area (Å²) < 4.78 is 5.58. The molecule has 0 saturated carbocycles. The quantitative estimate of drug-likeness (QED) is 0.797. The molecule has 0 aliphatic heterocycles. The van der Waals surface area contributed by atoms with E-state index in [0.717, 1.165) is 11.4 Å². The molecule has 0 fully saturated rings. The molecular formula is C18H22N2O2. The number of hydrogen-bond acceptors (Lipinski definition) is 4. The van der Waals surface area contributed by atoms with Crippen molar-refractivity contribution in [2.24, 2.45) is 0 Å². The lowest BCUT2D eigenvalue weighted by Crippen LogP contribution is -2.33. The van der Waals surface area contributed by atoms with Gasteiger partial charge >= 0.3 is 0 Å². The summed E-state index contributed by atoms with van der Waals surface area (Å²) in [5, 5.41) is 3.20. The predicted octanol–water partition coefficient (Wildman–Crippen LogP) is 3.23. The fourth-order valence-electron chi connectivity index (χ4n) is 2.07. The van der Waals surface area contributed by atoms with Crippen LogP contribution in [0.1, 0.15) is 36.8 Å². The molecule has 2 rings (SSSR count). The zero-order valence-corrected chi connectivity index (χ0v) is 13.2. The molecule has 116 valence electrons. The Morgan fingerprint density at radius 2 is 1.86 bits per heavy atom. The number of aromatic nitrogens is 1. The molecule has 22 heavy (non-hydrogen) atoms. The molecule has 0 saturated heterocycles. The number of benzene rings is 1. The summed E-state index contributed by atoms with van der Waals surface area (Å²) in [6.45, 7) is 6.39. The van der Waals surface area contributed by atoms with Gasteiger partial charge in [0.15, 0.2) is 5.78 Å². The predicted molar refractivity (Wildman–Crippen MR) is 87.1 cm³/mol. The molecule has 1 unspecified atom stereocenters. The highest BCUT2D eigenvalue weighted by Gasteiger charge is 2.14. The second-order valence-electron chi connectivity index (χ2n) is 5.48. The maximum atomic E-state index is 12.4. The summed E-state index contributed by atoms with van der Waals surface area (Å²) in [7, 11) is 0. The lowest BCUT2D eigenvalue weighted by atomic mass is 10.1. The zero-order valence-electron chi connectivity index (χ0n) is 13.2. The van der Waals surface area contributed by atoms with E-state index in [1.807, 2.05) is 51.1 Å². The highest BCUT2D eigenvalue weighted by molar-refractivity contribution is 5.99. The molecule has 1 aromatic heterocycles. The van der Waals surface area contributed by atoms with Crippen molar-refractivity contribution in [2.75, 3.05) is 0 Å². The third kappa shape index (κ3) is 4.67. The van der Waals surface area contributed by atoms with E-state index in [9.17, 15) is 4.79 Å². The highest BCUT2D eigenvalue weighted by Crippen LogP contribution is 2.15. The van der Waals surface area contributed by atoms with Gasteiger partial charge in [-0.15, -0.1) is 0 Å². The van der Waals surface area contributed by atoms with Crippen molar-refractivity contribution in [3.63, 3.8) is 0 Å². The lowest BCUT2D eigenvalue weighted by Gasteiger charge is -2.14. The minimum absolute atomic E-state index is 0.0621. The van der Waals surface area contributed by atoms with Crippen molar-refractivity contribution in [1.29, 1.82) is 0 Å². The molecule has 0 amide bonds. The molecule has 4 nitrogen and oxygen atoms in total. The molecule has 1 aromatic carbocycles. The summed E-state index contributed by atoms with van der Waals surface area (Å²) in [5.41, 5.74) is 1.60. The standard InChI is InChI=1S/C18H22N2O2/c1-13(2)22-17-9-7-15(8-10-17)18(21)14(3)20-12-16-6-4-5-11-19-16/h4-11,13-14,20H,12H2,1-3H3. The fraction of sp³-hybridized carbons (Fsp3) is 0.333. The SMILES string of the molecule is CC(C)Oc1ccc(C(=O)C(C)NCc2ccccn2)cc1. The molecule has 0 aliphatic carbocycles. The Kier molecular flexibility index (Phi) is 5.67. The first kappa shape index (κ1) is 16.2. The molecule has 1 atom stereocenters. The molecule has 1 heterocycles. The maximum Gasteiger partial charge on any atom is 0.179 e. The van der Waals surface area contributed by atoms with E-state index < -0.39 is 0 Å². The van der Waals surface area contributed by atoms with Crippen molar-refractivity contribution in [3.8, 4) is 5.75 Å². The summed E-state index contributed by atoms with van der Waals surface area (Å²) in [6, 6.07) is 12.7. The van der Waals surface area contributed by atoms with E-state index in [4.69, 9.17) is 4.74 Å². The molecular weight excluding hydrogens is 276 g/mol. The number of rotatable bonds is 7. The van der Waals surface area contributed by atoms with Crippen LogP contribution in [0.15, 0.2) is 48.7 Å². The van der Waals surface area contributed by atoms with Crippen LogP contribution in [-0.4, -0.2) is 22.9 Å². The molecule has 0 spiro atoms. The van der Waals surface area contributed by atoms with Gasteiger partial charge in [-0.3, -0.25) is 9.78 Å². The van der Waals surface area contributed by atoms with Gasteiger partial charge in [0, 0.05) is 18.3 Å². The minimum atomic E-state index is -0.265. The Labute approximate surface area is 131 Å². The van der Waals surface area contributed by atoms with Crippen LogP contribution in [0, 0.1) is 0 Å². The monoisotopic (exact) mass is 298 g/mol. The second kappa shape index (κ2) is 7.71. The van der Waals surface area contributed by atoms with Crippen LogP contribution >= 0.6 is 0 Å². The van der Waals surface area contributed by atoms with Gasteiger partial charge < -0.3 is 10.1 Å². The van der Waals surface area contributed by atoms with Crippen molar-refractivity contribution >= 4 is 5.78 Å². The van der Waals surface area contributed by atoms with E-state index in [0.29, 0.717) is 12.1 Å². The van der Waals surface area contributed by atoms with Crippen LogP contribution in [0.3, 0.4) is 0 Å². The number of carbonyl (C=O) groups excluding carboxylic acids is 1. The third-order valence-corrected chi connectivity index (χ3v) is 3.22. The Bertz CT molecular complexity index is 594. The Morgan fingerprint density at radius 1 is 1.14 bits per heavy atom. The summed E-state index contributed by atoms with van der Waals surface area (Å²) in [4.78, 5) is 16.6. The van der Waals surface area contributed by atoms with E-state index in [2.05, 4.69) is 10.3 Å². The first-order chi connectivity index (χ1) is 10.6. The van der Waals surface area contributed by atoms with Gasteiger partial charge in [-0.25, -0.2) is 0 Å². The molecule has 2 aromatic rings. The van der Waals surface area contributed by atoms with Gasteiger partial charge in [-0.1, -0.05) is 6.07 Å². The Morgan fingerprint density at radius 3 is 2.45 bits per heavy atom. The third-order valence-electron chi connectivity index (χ3n) is 3.22. The molecule has 1 N–H and O–H groups in total. The van der Waals surface area contributed by atoms with Gasteiger partial charge in [0.25, 0.3) is 0 Å². The molecule has 0 aliphatic rings. The van der Waals surface area contributed by atoms with Crippen LogP contribution < -0.4 is 10.1 Å². The summed E-state index contributed by atoms with van der Waals surface area (Å²) >= 11 is 0. The first-order valence-electron chi connectivity index (χ1n) is 7.50. The smallest absolute Gasteiger partial charge is 0.179 e. The van der Waals surface area contributed by atoms with Crippen LogP contribution in [0.25, 0.3) is 0 Å². The Hall–Kier alpha value is -2.20. The summed E-state index contributed by atoms with van der Waals surface area (Å²) in [6.07, 6.45) is 1.87. The number of carbonyl (C=O) groups is 1. The molecule has 4 heteroatoms. The number of Topliss-reactive ketones (excluding diaryl/α,β-unsaturated/α-hetero) is 1. The molecule has 0 bridgehead atoms. The van der Waals surface area contributed by atoms with E-state index in [-0.39, 0.29) is 17.9 Å². The number of ketones is 1. The number of pyridine rings is 1. The number of ether oxygens (including phenoxy) is 1. The lowest BCUT2D eigenvalue weighted by molar-refractivity contribution is 0.0950. The largest absolute Gasteiger partial charge is 0.491 e. The van der Waals surface area contributed by atoms with Gasteiger partial charge in [0.1, 0.15) is 5.75 Å². The van der Waals surface area contributed by atoms with Gasteiger partial charge in [0.05, 0.1) is 17.8 Å². The van der Waals surface area contributed by atoms with Crippen LogP contribution in [0.5, 0.6) is 5.75 Å². The van der Waals surface area contributed by atoms with E-state index in [1.54, 1.807) is 18.3 Å². The van der Waals surface area contributed by atoms with Gasteiger partial charge in [-0.2, -0.15) is 0 Å². The van der Waals surface area contributed by atoms with Crippen LogP contribution in [0.2, 0.25) is 0 Å². The second-order valence-corrected chi connectivity index (χ2v) is 5.48. The van der Waals surface area contributed by atoms with Crippen LogP contribution in [0.4, 0.5) is 0 Å². The van der Waals surface area contributed by atoms with Crippen molar-refractivity contribution in [3.05, 3.63) is 59.9 Å². The number of nitrogens with one attached hydrogen (secondary N) is 1. The number of hydrogen-bond donors (Lipinski definition) is 1. The number of nitrogens with zero attached hydrogens (tertiary/aromatic N) is 1. The normalized spacial score (nSPS) is 12.2. The van der Waals surface area contributed by atoms with Crippen LogP contribution in [-0.2, 0) is 6.54 Å².